The third-order valence-corrected chi connectivity index (χ3v) is 5.92. The second-order valence-electron chi connectivity index (χ2n) is 7.52. The van der Waals surface area contributed by atoms with Crippen molar-refractivity contribution in [1.82, 2.24) is 24.2 Å². The highest BCUT2D eigenvalue weighted by molar-refractivity contribution is 6.30. The number of hydrogen-bond donors (Lipinski definition) is 0. The van der Waals surface area contributed by atoms with Gasteiger partial charge in [-0.2, -0.15) is 5.10 Å². The molecule has 3 aromatic rings. The summed E-state index contributed by atoms with van der Waals surface area (Å²) in [5, 5.41) is 4.29. The third-order valence-electron chi connectivity index (χ3n) is 5.63. The molecule has 0 N–H and O–H groups in total. The Balaban J connectivity index is 1.46. The predicted octanol–water partition coefficient (Wildman–Crippen LogP) is 4.00. The Hall–Kier alpha value is -2.51. The van der Waals surface area contributed by atoms with E-state index in [9.17, 15) is 9.18 Å². The molecule has 8 heteroatoms. The number of benzene rings is 1. The number of ketones is 1. The predicted molar refractivity (Wildman–Crippen MR) is 109 cm³/mol. The van der Waals surface area contributed by atoms with Gasteiger partial charge in [0.15, 0.2) is 5.78 Å². The first-order valence-electron chi connectivity index (χ1n) is 9.68. The van der Waals surface area contributed by atoms with Gasteiger partial charge in [0, 0.05) is 35.7 Å². The molecular weight excluding hydrogens is 393 g/mol. The van der Waals surface area contributed by atoms with Crippen molar-refractivity contribution in [3.05, 3.63) is 64.7 Å². The molecule has 29 heavy (non-hydrogen) atoms. The van der Waals surface area contributed by atoms with Crippen molar-refractivity contribution in [3.8, 4) is 5.69 Å². The summed E-state index contributed by atoms with van der Waals surface area (Å²) in [6.07, 6.45) is 5.20. The first kappa shape index (κ1) is 19.8. The molecular formula is C21H23ClFN5O. The Morgan fingerprint density at radius 2 is 2.00 bits per heavy atom. The van der Waals surface area contributed by atoms with Gasteiger partial charge in [0.1, 0.15) is 18.5 Å². The first-order chi connectivity index (χ1) is 13.9. The molecule has 1 aliphatic heterocycles. The van der Waals surface area contributed by atoms with E-state index in [2.05, 4.69) is 15.0 Å². The maximum Gasteiger partial charge on any atom is 0.178 e. The summed E-state index contributed by atoms with van der Waals surface area (Å²) in [7, 11) is 0. The van der Waals surface area contributed by atoms with Crippen LogP contribution in [0.3, 0.4) is 0 Å². The fourth-order valence-electron chi connectivity index (χ4n) is 4.10. The summed E-state index contributed by atoms with van der Waals surface area (Å²) in [6.45, 7) is 5.93. The molecule has 0 atom stereocenters. The van der Waals surface area contributed by atoms with Crippen LogP contribution < -0.4 is 0 Å². The molecule has 1 aliphatic rings. The number of Topliss-reactive ketones (excluding diaryl/α,β-unsaturated/α-hetero) is 1. The van der Waals surface area contributed by atoms with Gasteiger partial charge >= 0.3 is 0 Å². The average Bonchev–Trinajstić information content (AvgIpc) is 3.33. The van der Waals surface area contributed by atoms with Gasteiger partial charge in [0.2, 0.25) is 0 Å². The minimum absolute atomic E-state index is 0.0677. The van der Waals surface area contributed by atoms with E-state index < -0.39 is 5.82 Å². The Bertz CT molecular complexity index is 1020. The number of carbonyl (C=O) groups excluding carboxylic acids is 1. The summed E-state index contributed by atoms with van der Waals surface area (Å²) in [5.74, 6) is -0.361. The Labute approximate surface area is 173 Å². The molecule has 2 aromatic heterocycles. The summed E-state index contributed by atoms with van der Waals surface area (Å²) >= 11 is 5.94. The molecule has 1 fully saturated rings. The Morgan fingerprint density at radius 3 is 2.66 bits per heavy atom. The number of rotatable bonds is 5. The number of likely N-dealkylation sites (tertiary alicyclic amines) is 1. The van der Waals surface area contributed by atoms with Crippen molar-refractivity contribution in [3.63, 3.8) is 0 Å². The van der Waals surface area contributed by atoms with E-state index in [1.165, 1.54) is 6.07 Å². The van der Waals surface area contributed by atoms with Crippen LogP contribution in [0.5, 0.6) is 0 Å². The molecule has 0 spiro atoms. The monoisotopic (exact) mass is 415 g/mol. The lowest BCUT2D eigenvalue weighted by molar-refractivity contribution is 0.0894. The highest BCUT2D eigenvalue weighted by atomic mass is 35.5. The van der Waals surface area contributed by atoms with Crippen molar-refractivity contribution in [2.45, 2.75) is 32.7 Å². The molecule has 0 amide bonds. The van der Waals surface area contributed by atoms with E-state index >= 15 is 0 Å². The second-order valence-corrected chi connectivity index (χ2v) is 7.93. The Morgan fingerprint density at radius 1 is 1.24 bits per heavy atom. The molecule has 3 heterocycles. The maximum atomic E-state index is 13.5. The quantitative estimate of drug-likeness (QED) is 0.591. The van der Waals surface area contributed by atoms with E-state index in [4.69, 9.17) is 11.6 Å². The standard InChI is InChI=1S/C21H23ClFN5O/c1-14-9-18(15(2)28(14)17-3-4-20(23)19(22)10-17)21(29)11-26-7-5-16(6-8-26)27-13-24-12-25-27/h3-4,9-10,12-13,16H,5-8,11H2,1-2H3. The van der Waals surface area contributed by atoms with Crippen LogP contribution >= 0.6 is 11.6 Å². The van der Waals surface area contributed by atoms with Gasteiger partial charge in [-0.25, -0.2) is 14.1 Å². The highest BCUT2D eigenvalue weighted by Gasteiger charge is 2.24. The number of nitrogens with zero attached hydrogens (tertiary/aromatic N) is 5. The fourth-order valence-corrected chi connectivity index (χ4v) is 4.28. The number of piperidine rings is 1. The summed E-state index contributed by atoms with van der Waals surface area (Å²) < 4.78 is 17.4. The fraction of sp³-hybridized carbons (Fsp3) is 0.381. The lowest BCUT2D eigenvalue weighted by Crippen LogP contribution is -2.38. The van der Waals surface area contributed by atoms with Gasteiger partial charge in [-0.15, -0.1) is 0 Å². The topological polar surface area (TPSA) is 56.0 Å². The third kappa shape index (κ3) is 3.97. The van der Waals surface area contributed by atoms with Gasteiger partial charge in [0.25, 0.3) is 0 Å². The number of halogens is 2. The van der Waals surface area contributed by atoms with Gasteiger partial charge in [-0.05, 0) is 51.0 Å². The first-order valence-corrected chi connectivity index (χ1v) is 10.1. The van der Waals surface area contributed by atoms with Crippen LogP contribution in [-0.2, 0) is 0 Å². The van der Waals surface area contributed by atoms with Crippen molar-refractivity contribution in [2.24, 2.45) is 0 Å². The van der Waals surface area contributed by atoms with Crippen LogP contribution in [0.2, 0.25) is 5.02 Å². The smallest absolute Gasteiger partial charge is 0.178 e. The van der Waals surface area contributed by atoms with Crippen molar-refractivity contribution >= 4 is 17.4 Å². The molecule has 0 bridgehead atoms. The lowest BCUT2D eigenvalue weighted by Gasteiger charge is -2.31. The summed E-state index contributed by atoms with van der Waals surface area (Å²) in [5.41, 5.74) is 3.20. The lowest BCUT2D eigenvalue weighted by atomic mass is 10.0. The van der Waals surface area contributed by atoms with E-state index in [-0.39, 0.29) is 10.8 Å². The van der Waals surface area contributed by atoms with Crippen molar-refractivity contribution in [2.75, 3.05) is 19.6 Å². The number of hydrogen-bond acceptors (Lipinski definition) is 4. The Kier molecular flexibility index (Phi) is 5.52. The van der Waals surface area contributed by atoms with Gasteiger partial charge in [0.05, 0.1) is 17.6 Å². The van der Waals surface area contributed by atoms with Crippen LogP contribution in [0, 0.1) is 19.7 Å². The van der Waals surface area contributed by atoms with Crippen LogP contribution in [0.25, 0.3) is 5.69 Å². The summed E-state index contributed by atoms with van der Waals surface area (Å²) in [4.78, 5) is 19.2. The summed E-state index contributed by atoms with van der Waals surface area (Å²) in [6, 6.07) is 6.84. The largest absolute Gasteiger partial charge is 0.318 e. The van der Waals surface area contributed by atoms with Crippen molar-refractivity contribution < 1.29 is 9.18 Å². The maximum absolute atomic E-state index is 13.5. The normalized spacial score (nSPS) is 15.7. The molecule has 152 valence electrons. The molecule has 1 aromatic carbocycles. The minimum Gasteiger partial charge on any atom is -0.318 e. The van der Waals surface area contributed by atoms with Crippen LogP contribution in [-0.4, -0.2) is 49.6 Å². The molecule has 0 saturated carbocycles. The van der Waals surface area contributed by atoms with Crippen LogP contribution in [0.15, 0.2) is 36.9 Å². The van der Waals surface area contributed by atoms with Gasteiger partial charge in [-0.3, -0.25) is 9.69 Å². The second kappa shape index (κ2) is 8.08. The van der Waals surface area contributed by atoms with Crippen LogP contribution in [0.4, 0.5) is 4.39 Å². The zero-order chi connectivity index (χ0) is 20.5. The van der Waals surface area contributed by atoms with E-state index in [0.29, 0.717) is 18.2 Å². The van der Waals surface area contributed by atoms with Crippen molar-refractivity contribution in [1.29, 1.82) is 0 Å². The number of aryl methyl sites for hydroxylation is 1. The zero-order valence-corrected chi connectivity index (χ0v) is 17.2. The minimum atomic E-state index is -0.455. The van der Waals surface area contributed by atoms with Gasteiger partial charge < -0.3 is 4.57 Å². The number of carbonyl (C=O) groups is 1. The van der Waals surface area contributed by atoms with Gasteiger partial charge in [-0.1, -0.05) is 11.6 Å². The van der Waals surface area contributed by atoms with E-state index in [0.717, 1.165) is 43.0 Å². The molecule has 4 rings (SSSR count). The number of aromatic nitrogens is 4. The molecule has 1 saturated heterocycles. The zero-order valence-electron chi connectivity index (χ0n) is 16.5. The molecule has 0 unspecified atom stereocenters. The molecule has 0 aliphatic carbocycles. The van der Waals surface area contributed by atoms with Crippen LogP contribution in [0.1, 0.15) is 40.6 Å². The van der Waals surface area contributed by atoms with E-state index in [1.54, 1.807) is 24.8 Å². The average molecular weight is 416 g/mol. The van der Waals surface area contributed by atoms with E-state index in [1.807, 2.05) is 29.2 Å². The highest BCUT2D eigenvalue weighted by Crippen LogP contribution is 2.26. The SMILES string of the molecule is Cc1cc(C(=O)CN2CCC(n3cncn3)CC2)c(C)n1-c1ccc(F)c(Cl)c1. The molecule has 6 nitrogen and oxygen atoms in total. The molecule has 0 radical (unpaired) electrons.